The number of aromatic amines is 1. The van der Waals surface area contributed by atoms with Crippen molar-refractivity contribution in [2.75, 3.05) is 0 Å². The van der Waals surface area contributed by atoms with E-state index in [0.29, 0.717) is 27.9 Å². The van der Waals surface area contributed by atoms with Crippen LogP contribution in [0.1, 0.15) is 25.2 Å². The summed E-state index contributed by atoms with van der Waals surface area (Å²) >= 11 is 1.42. The molecule has 2 N–H and O–H groups in total. The van der Waals surface area contributed by atoms with Crippen LogP contribution in [0.2, 0.25) is 0 Å². The average Bonchev–Trinajstić information content (AvgIpc) is 3.40. The summed E-state index contributed by atoms with van der Waals surface area (Å²) in [6, 6.07) is 10.2. The van der Waals surface area contributed by atoms with Crippen LogP contribution in [0.25, 0.3) is 21.3 Å². The summed E-state index contributed by atoms with van der Waals surface area (Å²) in [5, 5.41) is 24.2. The Morgan fingerprint density at radius 3 is 2.59 bits per heavy atom. The van der Waals surface area contributed by atoms with E-state index in [1.807, 2.05) is 31.4 Å². The monoisotopic (exact) mass is 416 g/mol. The number of nitrogens with one attached hydrogen (secondary N) is 1. The topological polar surface area (TPSA) is 83.9 Å². The summed E-state index contributed by atoms with van der Waals surface area (Å²) < 4.78 is 30.6. The van der Waals surface area contributed by atoms with Gasteiger partial charge in [0.1, 0.15) is 11.4 Å². The summed E-state index contributed by atoms with van der Waals surface area (Å²) in [4.78, 5) is 5.43. The minimum absolute atomic E-state index is 0.0834. The summed E-state index contributed by atoms with van der Waals surface area (Å²) in [5.74, 6) is -0.157. The van der Waals surface area contributed by atoms with Gasteiger partial charge in [-0.15, -0.1) is 16.4 Å². The average molecular weight is 416 g/mol. The van der Waals surface area contributed by atoms with Crippen molar-refractivity contribution < 1.29 is 18.6 Å². The normalized spacial score (nSPS) is 13.9. The minimum atomic E-state index is -2.93. The lowest BCUT2D eigenvalue weighted by molar-refractivity contribution is -0.0493. The molecule has 0 bridgehead atoms. The summed E-state index contributed by atoms with van der Waals surface area (Å²) in [5.41, 5.74) is 0.396. The van der Waals surface area contributed by atoms with Crippen molar-refractivity contribution in [1.29, 1.82) is 0 Å². The van der Waals surface area contributed by atoms with Crippen LogP contribution in [0.5, 0.6) is 5.75 Å². The summed E-state index contributed by atoms with van der Waals surface area (Å²) in [6.07, 6.45) is 1.53. The minimum Gasteiger partial charge on any atom is -0.434 e. The fourth-order valence-electron chi connectivity index (χ4n) is 3.38. The van der Waals surface area contributed by atoms with E-state index in [0.717, 1.165) is 4.88 Å². The van der Waals surface area contributed by atoms with Gasteiger partial charge in [-0.25, -0.2) is 4.98 Å². The van der Waals surface area contributed by atoms with E-state index in [1.165, 1.54) is 23.6 Å². The maximum atomic E-state index is 12.9. The smallest absolute Gasteiger partial charge is 0.387 e. The quantitative estimate of drug-likeness (QED) is 0.481. The Kier molecular flexibility index (Phi) is 5.01. The largest absolute Gasteiger partial charge is 0.434 e. The number of H-pyrrole nitrogens is 1. The van der Waals surface area contributed by atoms with Crippen molar-refractivity contribution >= 4 is 22.2 Å². The molecule has 0 fully saturated rings. The van der Waals surface area contributed by atoms with Crippen LogP contribution in [0.4, 0.5) is 8.78 Å². The van der Waals surface area contributed by atoms with Gasteiger partial charge in [0, 0.05) is 22.0 Å². The number of alkyl halides is 2. The molecule has 0 aliphatic rings. The van der Waals surface area contributed by atoms with Crippen molar-refractivity contribution in [3.05, 3.63) is 59.4 Å². The fraction of sp³-hybridized carbons (Fsp3) is 0.250. The predicted octanol–water partition coefficient (Wildman–Crippen LogP) is 4.57. The highest BCUT2D eigenvalue weighted by Crippen LogP contribution is 2.41. The number of aromatic nitrogens is 4. The van der Waals surface area contributed by atoms with Gasteiger partial charge in [-0.05, 0) is 35.6 Å². The molecule has 150 valence electrons. The van der Waals surface area contributed by atoms with E-state index in [2.05, 4.69) is 20.4 Å². The van der Waals surface area contributed by atoms with Crippen LogP contribution < -0.4 is 4.74 Å². The lowest BCUT2D eigenvalue weighted by atomic mass is 9.83. The number of pyridine rings is 1. The van der Waals surface area contributed by atoms with Gasteiger partial charge in [-0.3, -0.25) is 5.10 Å². The molecule has 0 saturated carbocycles. The molecule has 4 aromatic rings. The van der Waals surface area contributed by atoms with E-state index in [4.69, 9.17) is 4.74 Å². The van der Waals surface area contributed by atoms with Crippen molar-refractivity contribution in [2.24, 2.45) is 5.92 Å². The molecule has 0 spiro atoms. The zero-order valence-electron chi connectivity index (χ0n) is 15.6. The summed E-state index contributed by atoms with van der Waals surface area (Å²) in [7, 11) is 0. The Bertz CT molecular complexity index is 1120. The predicted molar refractivity (Wildman–Crippen MR) is 106 cm³/mol. The van der Waals surface area contributed by atoms with Crippen molar-refractivity contribution in [2.45, 2.75) is 26.1 Å². The van der Waals surface area contributed by atoms with Gasteiger partial charge in [-0.1, -0.05) is 31.2 Å². The first-order chi connectivity index (χ1) is 13.9. The van der Waals surface area contributed by atoms with Crippen LogP contribution in [0.3, 0.4) is 0 Å². The number of halogens is 2. The van der Waals surface area contributed by atoms with E-state index in [1.54, 1.807) is 18.2 Å². The molecule has 6 nitrogen and oxygen atoms in total. The summed E-state index contributed by atoms with van der Waals surface area (Å²) in [6.45, 7) is 0.783. The van der Waals surface area contributed by atoms with E-state index in [-0.39, 0.29) is 11.7 Å². The third-order valence-electron chi connectivity index (χ3n) is 4.85. The maximum Gasteiger partial charge on any atom is 0.387 e. The van der Waals surface area contributed by atoms with Gasteiger partial charge in [0.25, 0.3) is 0 Å². The van der Waals surface area contributed by atoms with Crippen molar-refractivity contribution in [1.82, 2.24) is 20.4 Å². The molecular formula is C20H18F2N4O2S. The number of fused-ring (bicyclic) bond motifs is 1. The van der Waals surface area contributed by atoms with Crippen LogP contribution in [0.15, 0.2) is 48.0 Å². The number of benzene rings is 1. The standard InChI is InChI=1S/C20H18F2N4O2S/c1-11(2)20(27,17-10-23-26-25-17)16-8-5-12-13(24-16)6-7-14(28-19(21)22)18(12)15-4-3-9-29-15/h3-11,19,27H,1-2H3,(H,23,25,26). The Hall–Kier alpha value is -2.91. The second kappa shape index (κ2) is 7.49. The number of rotatable bonds is 6. The second-order valence-corrected chi connectivity index (χ2v) is 7.79. The molecule has 29 heavy (non-hydrogen) atoms. The Morgan fingerprint density at radius 2 is 1.97 bits per heavy atom. The zero-order valence-corrected chi connectivity index (χ0v) is 16.5. The number of thiophene rings is 1. The van der Waals surface area contributed by atoms with E-state index >= 15 is 0 Å². The molecule has 1 aromatic carbocycles. The van der Waals surface area contributed by atoms with Gasteiger partial charge < -0.3 is 9.84 Å². The molecule has 4 rings (SSSR count). The van der Waals surface area contributed by atoms with Crippen molar-refractivity contribution in [3.63, 3.8) is 0 Å². The molecular weight excluding hydrogens is 398 g/mol. The molecule has 1 atom stereocenters. The van der Waals surface area contributed by atoms with Gasteiger partial charge in [0.15, 0.2) is 5.60 Å². The highest BCUT2D eigenvalue weighted by Gasteiger charge is 2.39. The number of ether oxygens (including phenoxy) is 1. The zero-order chi connectivity index (χ0) is 20.6. The molecule has 0 aliphatic carbocycles. The highest BCUT2D eigenvalue weighted by atomic mass is 32.1. The Morgan fingerprint density at radius 1 is 1.14 bits per heavy atom. The molecule has 3 heterocycles. The Balaban J connectivity index is 1.92. The van der Waals surface area contributed by atoms with Gasteiger partial charge in [0.2, 0.25) is 0 Å². The second-order valence-electron chi connectivity index (χ2n) is 6.84. The van der Waals surface area contributed by atoms with E-state index < -0.39 is 12.2 Å². The van der Waals surface area contributed by atoms with Crippen LogP contribution in [0, 0.1) is 5.92 Å². The van der Waals surface area contributed by atoms with Gasteiger partial charge in [0.05, 0.1) is 11.2 Å². The fourth-order valence-corrected chi connectivity index (χ4v) is 4.17. The van der Waals surface area contributed by atoms with Gasteiger partial charge in [-0.2, -0.15) is 8.78 Å². The van der Waals surface area contributed by atoms with E-state index in [9.17, 15) is 13.9 Å². The number of aliphatic hydroxyl groups is 1. The molecule has 9 heteroatoms. The van der Waals surface area contributed by atoms with Crippen LogP contribution in [-0.2, 0) is 5.60 Å². The lowest BCUT2D eigenvalue weighted by Gasteiger charge is -2.29. The maximum absolute atomic E-state index is 12.9. The molecule has 0 radical (unpaired) electrons. The number of hydrogen-bond donors (Lipinski definition) is 2. The Labute approximate surface area is 169 Å². The number of hydrogen-bond acceptors (Lipinski definition) is 6. The molecule has 0 aliphatic heterocycles. The molecule has 3 aromatic heterocycles. The van der Waals surface area contributed by atoms with Gasteiger partial charge >= 0.3 is 6.61 Å². The van der Waals surface area contributed by atoms with Crippen LogP contribution >= 0.6 is 11.3 Å². The van der Waals surface area contributed by atoms with Crippen molar-refractivity contribution in [3.8, 4) is 16.2 Å². The molecule has 0 saturated heterocycles. The molecule has 1 unspecified atom stereocenters. The molecule has 0 amide bonds. The third kappa shape index (κ3) is 3.36. The highest BCUT2D eigenvalue weighted by molar-refractivity contribution is 7.13. The first kappa shape index (κ1) is 19.4. The van der Waals surface area contributed by atoms with Crippen LogP contribution in [-0.4, -0.2) is 32.1 Å². The first-order valence-electron chi connectivity index (χ1n) is 8.93. The third-order valence-corrected chi connectivity index (χ3v) is 5.74. The lowest BCUT2D eigenvalue weighted by Crippen LogP contribution is -2.35. The number of nitrogens with zero attached hydrogens (tertiary/aromatic N) is 3. The SMILES string of the molecule is CC(C)C(O)(c1c[nH]nn1)c1ccc2c(-c3cccs3)c(OC(F)F)ccc2n1. The first-order valence-corrected chi connectivity index (χ1v) is 9.81.